The largest absolute Gasteiger partial charge is 0.508 e. The number of phenols is 1. The maximum Gasteiger partial charge on any atom is 0.119 e. The van der Waals surface area contributed by atoms with Crippen molar-refractivity contribution in [2.75, 3.05) is 6.54 Å². The van der Waals surface area contributed by atoms with E-state index in [-0.39, 0.29) is 24.3 Å². The standard InChI is InChI=1S/C24H27NO2/c1-18(20-8-4-2-5-9-20)25-15-14-22(21-10-6-3-7-11-21)23-16-19(17-26)12-13-24(23)27/h2-13,16,18,22,25-27H,14-15,17H2,1H3. The average molecular weight is 361 g/mol. The normalized spacial score (nSPS) is 13.3. The van der Waals surface area contributed by atoms with Gasteiger partial charge in [0.1, 0.15) is 5.75 Å². The second-order valence-corrected chi connectivity index (χ2v) is 6.89. The zero-order valence-electron chi connectivity index (χ0n) is 15.7. The molecular weight excluding hydrogens is 334 g/mol. The molecule has 0 radical (unpaired) electrons. The number of hydrogen-bond acceptors (Lipinski definition) is 3. The number of benzene rings is 3. The van der Waals surface area contributed by atoms with Crippen LogP contribution in [0, 0.1) is 0 Å². The number of aliphatic hydroxyl groups excluding tert-OH is 1. The monoisotopic (exact) mass is 361 g/mol. The fraction of sp³-hybridized carbons (Fsp3) is 0.250. The maximum atomic E-state index is 10.4. The Hall–Kier alpha value is -2.62. The van der Waals surface area contributed by atoms with Gasteiger partial charge in [0.2, 0.25) is 0 Å². The third kappa shape index (κ3) is 4.97. The Kier molecular flexibility index (Phi) is 6.64. The molecule has 3 aromatic rings. The van der Waals surface area contributed by atoms with Crippen molar-refractivity contribution in [1.29, 1.82) is 0 Å². The Morgan fingerprint density at radius 3 is 2.11 bits per heavy atom. The number of hydrogen-bond donors (Lipinski definition) is 3. The van der Waals surface area contributed by atoms with Crippen LogP contribution in [0.4, 0.5) is 0 Å². The zero-order valence-corrected chi connectivity index (χ0v) is 15.7. The molecule has 0 saturated heterocycles. The van der Waals surface area contributed by atoms with Crippen LogP contribution in [-0.4, -0.2) is 16.8 Å². The Balaban J connectivity index is 1.77. The summed E-state index contributed by atoms with van der Waals surface area (Å²) in [7, 11) is 0. The minimum absolute atomic E-state index is 0.0297. The molecule has 0 fully saturated rings. The van der Waals surface area contributed by atoms with Gasteiger partial charge in [-0.05, 0) is 48.7 Å². The molecule has 0 aliphatic carbocycles. The predicted molar refractivity (Wildman–Crippen MR) is 110 cm³/mol. The van der Waals surface area contributed by atoms with E-state index in [1.165, 1.54) is 5.56 Å². The quantitative estimate of drug-likeness (QED) is 0.542. The lowest BCUT2D eigenvalue weighted by molar-refractivity contribution is 0.281. The topological polar surface area (TPSA) is 52.5 Å². The van der Waals surface area contributed by atoms with E-state index in [0.717, 1.165) is 29.7 Å². The molecule has 3 rings (SSSR count). The van der Waals surface area contributed by atoms with Gasteiger partial charge in [-0.1, -0.05) is 66.7 Å². The highest BCUT2D eigenvalue weighted by atomic mass is 16.3. The number of aromatic hydroxyl groups is 1. The number of nitrogens with one attached hydrogen (secondary N) is 1. The summed E-state index contributed by atoms with van der Waals surface area (Å²) in [4.78, 5) is 0. The second-order valence-electron chi connectivity index (χ2n) is 6.89. The molecule has 27 heavy (non-hydrogen) atoms. The van der Waals surface area contributed by atoms with Crippen molar-refractivity contribution in [3.8, 4) is 5.75 Å². The Morgan fingerprint density at radius 1 is 0.852 bits per heavy atom. The van der Waals surface area contributed by atoms with E-state index in [4.69, 9.17) is 0 Å². The number of phenolic OH excluding ortho intramolecular Hbond substituents is 1. The molecule has 0 saturated carbocycles. The van der Waals surface area contributed by atoms with Crippen LogP contribution in [0.5, 0.6) is 5.75 Å². The van der Waals surface area contributed by atoms with E-state index >= 15 is 0 Å². The third-order valence-electron chi connectivity index (χ3n) is 5.03. The van der Waals surface area contributed by atoms with E-state index < -0.39 is 0 Å². The van der Waals surface area contributed by atoms with E-state index in [9.17, 15) is 10.2 Å². The van der Waals surface area contributed by atoms with Crippen molar-refractivity contribution < 1.29 is 10.2 Å². The van der Waals surface area contributed by atoms with Crippen LogP contribution in [-0.2, 0) is 6.61 Å². The van der Waals surface area contributed by atoms with Crippen LogP contribution in [0.25, 0.3) is 0 Å². The lowest BCUT2D eigenvalue weighted by Crippen LogP contribution is -2.22. The van der Waals surface area contributed by atoms with Gasteiger partial charge in [-0.2, -0.15) is 0 Å². The first-order valence-corrected chi connectivity index (χ1v) is 9.45. The third-order valence-corrected chi connectivity index (χ3v) is 5.03. The van der Waals surface area contributed by atoms with Gasteiger partial charge in [0.25, 0.3) is 0 Å². The second kappa shape index (κ2) is 9.36. The average Bonchev–Trinajstić information content (AvgIpc) is 2.73. The Morgan fingerprint density at radius 2 is 1.48 bits per heavy atom. The van der Waals surface area contributed by atoms with Crippen molar-refractivity contribution in [3.63, 3.8) is 0 Å². The van der Waals surface area contributed by atoms with Crippen LogP contribution in [0.3, 0.4) is 0 Å². The summed E-state index contributed by atoms with van der Waals surface area (Å²) < 4.78 is 0. The summed E-state index contributed by atoms with van der Waals surface area (Å²) in [5.41, 5.74) is 4.10. The smallest absolute Gasteiger partial charge is 0.119 e. The number of rotatable bonds is 8. The van der Waals surface area contributed by atoms with Gasteiger partial charge in [0, 0.05) is 17.5 Å². The molecule has 3 nitrogen and oxygen atoms in total. The molecule has 0 aliphatic heterocycles. The molecule has 0 aliphatic rings. The van der Waals surface area contributed by atoms with Gasteiger partial charge in [0.05, 0.1) is 6.61 Å². The summed E-state index contributed by atoms with van der Waals surface area (Å²) in [6, 6.07) is 26.2. The highest BCUT2D eigenvalue weighted by Gasteiger charge is 2.18. The summed E-state index contributed by atoms with van der Waals surface area (Å²) in [6.07, 6.45) is 0.851. The van der Waals surface area contributed by atoms with Gasteiger partial charge >= 0.3 is 0 Å². The zero-order chi connectivity index (χ0) is 19.1. The van der Waals surface area contributed by atoms with Gasteiger partial charge in [0.15, 0.2) is 0 Å². The van der Waals surface area contributed by atoms with Crippen molar-refractivity contribution >= 4 is 0 Å². The van der Waals surface area contributed by atoms with Gasteiger partial charge in [-0.15, -0.1) is 0 Å². The highest BCUT2D eigenvalue weighted by molar-refractivity contribution is 5.43. The van der Waals surface area contributed by atoms with Crippen molar-refractivity contribution in [3.05, 3.63) is 101 Å². The highest BCUT2D eigenvalue weighted by Crippen LogP contribution is 2.34. The summed E-state index contributed by atoms with van der Waals surface area (Å²) >= 11 is 0. The predicted octanol–water partition coefficient (Wildman–Crippen LogP) is 4.76. The van der Waals surface area contributed by atoms with E-state index in [1.807, 2.05) is 30.3 Å². The summed E-state index contributed by atoms with van der Waals surface area (Å²) in [5, 5.41) is 23.5. The molecule has 2 unspecified atom stereocenters. The molecule has 0 aromatic heterocycles. The lowest BCUT2D eigenvalue weighted by atomic mass is 9.87. The summed E-state index contributed by atoms with van der Waals surface area (Å²) in [6.45, 7) is 2.95. The van der Waals surface area contributed by atoms with Gasteiger partial charge in [-0.3, -0.25) is 0 Å². The molecule has 3 N–H and O–H groups in total. The maximum absolute atomic E-state index is 10.4. The minimum Gasteiger partial charge on any atom is -0.508 e. The SMILES string of the molecule is CC(NCCC(c1ccccc1)c1cc(CO)ccc1O)c1ccccc1. The molecule has 0 spiro atoms. The van der Waals surface area contributed by atoms with Crippen LogP contribution in [0.1, 0.15) is 47.6 Å². The van der Waals surface area contributed by atoms with Crippen LogP contribution < -0.4 is 5.32 Å². The first-order chi connectivity index (χ1) is 13.2. The fourth-order valence-electron chi connectivity index (χ4n) is 3.47. The molecule has 2 atom stereocenters. The lowest BCUT2D eigenvalue weighted by Gasteiger charge is -2.22. The molecule has 0 amide bonds. The Labute approximate surface area is 161 Å². The summed E-state index contributed by atoms with van der Waals surface area (Å²) in [5.74, 6) is 0.338. The molecule has 3 heteroatoms. The fourth-order valence-corrected chi connectivity index (χ4v) is 3.47. The van der Waals surface area contributed by atoms with Gasteiger partial charge < -0.3 is 15.5 Å². The first-order valence-electron chi connectivity index (χ1n) is 9.45. The van der Waals surface area contributed by atoms with E-state index in [0.29, 0.717) is 0 Å². The van der Waals surface area contributed by atoms with Gasteiger partial charge in [-0.25, -0.2) is 0 Å². The van der Waals surface area contributed by atoms with Crippen LogP contribution >= 0.6 is 0 Å². The van der Waals surface area contributed by atoms with E-state index in [2.05, 4.69) is 48.6 Å². The molecule has 140 valence electrons. The molecule has 3 aromatic carbocycles. The number of aliphatic hydroxyl groups is 1. The van der Waals surface area contributed by atoms with E-state index in [1.54, 1.807) is 12.1 Å². The Bertz CT molecular complexity index is 834. The molecule has 0 bridgehead atoms. The molecule has 0 heterocycles. The van der Waals surface area contributed by atoms with Crippen LogP contribution in [0.15, 0.2) is 78.9 Å². The van der Waals surface area contributed by atoms with Crippen molar-refractivity contribution in [1.82, 2.24) is 5.32 Å². The van der Waals surface area contributed by atoms with Crippen LogP contribution in [0.2, 0.25) is 0 Å². The minimum atomic E-state index is -0.0297. The molecular formula is C24H27NO2. The first kappa shape index (κ1) is 19.2. The van der Waals surface area contributed by atoms with Crippen molar-refractivity contribution in [2.45, 2.75) is 31.9 Å². The van der Waals surface area contributed by atoms with Crippen molar-refractivity contribution in [2.24, 2.45) is 0 Å².